The Balaban J connectivity index is 1.78. The highest BCUT2D eigenvalue weighted by molar-refractivity contribution is 6.15. The highest BCUT2D eigenvalue weighted by atomic mass is 16.5. The Bertz CT molecular complexity index is 1290. The molecule has 2 amide bonds. The third kappa shape index (κ3) is 4.25. The van der Waals surface area contributed by atoms with Crippen molar-refractivity contribution in [2.45, 2.75) is 39.4 Å². The Morgan fingerprint density at radius 3 is 2.46 bits per heavy atom. The normalized spacial score (nSPS) is 17.1. The summed E-state index contributed by atoms with van der Waals surface area (Å²) in [5.41, 5.74) is 1.96. The number of imidazole rings is 1. The minimum absolute atomic E-state index is 0.0802. The van der Waals surface area contributed by atoms with Crippen LogP contribution in [0.5, 0.6) is 5.75 Å². The molecule has 0 saturated carbocycles. The van der Waals surface area contributed by atoms with Crippen LogP contribution in [0.25, 0.3) is 0 Å². The molecule has 1 N–H and O–H groups in total. The Kier molecular flexibility index (Phi) is 6.34. The van der Waals surface area contributed by atoms with Gasteiger partial charge in [0.1, 0.15) is 17.0 Å². The largest absolute Gasteiger partial charge is 0.496 e. The fraction of sp³-hybridized carbons (Fsp3) is 0.308. The number of nitrogens with one attached hydrogen (secondary N) is 1. The van der Waals surface area contributed by atoms with Crippen LogP contribution in [0.2, 0.25) is 0 Å². The maximum Gasteiger partial charge on any atom is 0.359 e. The Morgan fingerprint density at radius 1 is 1.11 bits per heavy atom. The van der Waals surface area contributed by atoms with Crippen molar-refractivity contribution in [3.8, 4) is 5.75 Å². The van der Waals surface area contributed by atoms with Crippen molar-refractivity contribution < 1.29 is 23.9 Å². The molecule has 182 valence electrons. The molecule has 2 heterocycles. The van der Waals surface area contributed by atoms with Crippen LogP contribution in [0.3, 0.4) is 0 Å². The van der Waals surface area contributed by atoms with Crippen LogP contribution >= 0.6 is 0 Å². The number of carbonyl (C=O) groups is 3. The number of fused-ring (bicyclic) bond motifs is 1. The standard InChI is InChI=1S/C26H28N4O5/c1-16-10-17(2)12-19(11-16)30-23(31)22-21(24(32)35-5)28-15-29(22)14-26(30,3)25(33)27-13-18-8-6-7-9-20(18)34-4/h6-12,15H,13-14H2,1-5H3,(H,27,33). The molecule has 1 aliphatic rings. The number of hydrogen-bond acceptors (Lipinski definition) is 6. The van der Waals surface area contributed by atoms with E-state index in [1.54, 1.807) is 14.0 Å². The van der Waals surface area contributed by atoms with Gasteiger partial charge in [-0.3, -0.25) is 14.5 Å². The van der Waals surface area contributed by atoms with Gasteiger partial charge in [-0.2, -0.15) is 0 Å². The topological polar surface area (TPSA) is 103 Å². The lowest BCUT2D eigenvalue weighted by Gasteiger charge is -2.43. The summed E-state index contributed by atoms with van der Waals surface area (Å²) >= 11 is 0. The van der Waals surface area contributed by atoms with Crippen LogP contribution in [-0.4, -0.2) is 47.1 Å². The second-order valence-corrected chi connectivity index (χ2v) is 8.82. The second-order valence-electron chi connectivity index (χ2n) is 8.82. The molecule has 0 bridgehead atoms. The van der Waals surface area contributed by atoms with Gasteiger partial charge in [0, 0.05) is 17.8 Å². The van der Waals surface area contributed by atoms with E-state index in [-0.39, 0.29) is 30.4 Å². The molecule has 0 aliphatic carbocycles. The first-order valence-electron chi connectivity index (χ1n) is 11.2. The van der Waals surface area contributed by atoms with Crippen molar-refractivity contribution in [1.29, 1.82) is 0 Å². The number of aryl methyl sites for hydroxylation is 2. The number of carbonyl (C=O) groups excluding carboxylic acids is 3. The Hall–Kier alpha value is -4.14. The molecule has 1 aliphatic heterocycles. The van der Waals surface area contributed by atoms with Crippen molar-refractivity contribution in [2.24, 2.45) is 0 Å². The average molecular weight is 477 g/mol. The lowest BCUT2D eigenvalue weighted by atomic mass is 9.92. The molecule has 0 spiro atoms. The number of para-hydroxylation sites is 1. The third-order valence-corrected chi connectivity index (χ3v) is 6.18. The summed E-state index contributed by atoms with van der Waals surface area (Å²) in [6, 6.07) is 13.1. The number of amides is 2. The molecule has 1 aromatic heterocycles. The van der Waals surface area contributed by atoms with E-state index in [0.717, 1.165) is 16.7 Å². The van der Waals surface area contributed by atoms with Crippen molar-refractivity contribution >= 4 is 23.5 Å². The van der Waals surface area contributed by atoms with E-state index in [4.69, 9.17) is 9.47 Å². The zero-order valence-electron chi connectivity index (χ0n) is 20.4. The molecular formula is C26H28N4O5. The number of nitrogens with zero attached hydrogens (tertiary/aromatic N) is 3. The van der Waals surface area contributed by atoms with E-state index in [2.05, 4.69) is 10.3 Å². The monoisotopic (exact) mass is 476 g/mol. The van der Waals surface area contributed by atoms with Crippen molar-refractivity contribution in [3.63, 3.8) is 0 Å². The SMILES string of the molecule is COC(=O)c1ncn2c1C(=O)N(c1cc(C)cc(C)c1)C(C)(C(=O)NCc1ccccc1OC)C2. The number of benzene rings is 2. The van der Waals surface area contributed by atoms with Gasteiger partial charge >= 0.3 is 5.97 Å². The van der Waals surface area contributed by atoms with Crippen LogP contribution in [0, 0.1) is 13.8 Å². The van der Waals surface area contributed by atoms with Gasteiger partial charge in [0.2, 0.25) is 5.91 Å². The molecule has 0 fully saturated rings. The summed E-state index contributed by atoms with van der Waals surface area (Å²) in [6.07, 6.45) is 1.39. The molecule has 1 unspecified atom stereocenters. The van der Waals surface area contributed by atoms with Crippen LogP contribution in [0.1, 0.15) is 44.6 Å². The molecule has 2 aromatic carbocycles. The number of hydrogen-bond donors (Lipinski definition) is 1. The van der Waals surface area contributed by atoms with E-state index in [9.17, 15) is 14.4 Å². The third-order valence-electron chi connectivity index (χ3n) is 6.18. The average Bonchev–Trinajstić information content (AvgIpc) is 3.25. The zero-order valence-corrected chi connectivity index (χ0v) is 20.4. The van der Waals surface area contributed by atoms with Gasteiger partial charge in [-0.05, 0) is 50.1 Å². The van der Waals surface area contributed by atoms with E-state index >= 15 is 0 Å². The number of methoxy groups -OCH3 is 2. The first-order valence-corrected chi connectivity index (χ1v) is 11.2. The first-order chi connectivity index (χ1) is 16.7. The van der Waals surface area contributed by atoms with Crippen LogP contribution in [0.4, 0.5) is 5.69 Å². The maximum absolute atomic E-state index is 13.9. The van der Waals surface area contributed by atoms with E-state index in [0.29, 0.717) is 11.4 Å². The lowest BCUT2D eigenvalue weighted by molar-refractivity contribution is -0.126. The molecule has 1 atom stereocenters. The van der Waals surface area contributed by atoms with Gasteiger partial charge in [0.05, 0.1) is 27.1 Å². The molecule has 0 saturated heterocycles. The van der Waals surface area contributed by atoms with E-state index in [1.807, 2.05) is 56.3 Å². The highest BCUT2D eigenvalue weighted by Crippen LogP contribution is 2.35. The van der Waals surface area contributed by atoms with Crippen molar-refractivity contribution in [2.75, 3.05) is 19.1 Å². The molecule has 0 radical (unpaired) electrons. The van der Waals surface area contributed by atoms with Gasteiger partial charge in [-0.1, -0.05) is 24.3 Å². The minimum Gasteiger partial charge on any atom is -0.496 e. The van der Waals surface area contributed by atoms with Crippen LogP contribution in [0.15, 0.2) is 48.8 Å². The summed E-state index contributed by atoms with van der Waals surface area (Å²) < 4.78 is 11.8. The first kappa shape index (κ1) is 24.0. The predicted molar refractivity (Wildman–Crippen MR) is 130 cm³/mol. The summed E-state index contributed by atoms with van der Waals surface area (Å²) in [7, 11) is 2.81. The Labute approximate surface area is 203 Å². The van der Waals surface area contributed by atoms with Gasteiger partial charge in [-0.15, -0.1) is 0 Å². The van der Waals surface area contributed by atoms with Crippen LogP contribution in [-0.2, 0) is 22.6 Å². The van der Waals surface area contributed by atoms with Crippen LogP contribution < -0.4 is 15.0 Å². The summed E-state index contributed by atoms with van der Waals surface area (Å²) in [5.74, 6) is -0.913. The summed E-state index contributed by atoms with van der Waals surface area (Å²) in [5, 5.41) is 2.97. The number of ether oxygens (including phenoxy) is 2. The summed E-state index contributed by atoms with van der Waals surface area (Å²) in [4.78, 5) is 45.5. The zero-order chi connectivity index (χ0) is 25.3. The van der Waals surface area contributed by atoms with Gasteiger partial charge < -0.3 is 19.4 Å². The Morgan fingerprint density at radius 2 is 1.80 bits per heavy atom. The molecule has 9 nitrogen and oxygen atoms in total. The van der Waals surface area contributed by atoms with Gasteiger partial charge in [0.15, 0.2) is 5.69 Å². The fourth-order valence-corrected chi connectivity index (χ4v) is 4.58. The molecule has 35 heavy (non-hydrogen) atoms. The smallest absolute Gasteiger partial charge is 0.359 e. The fourth-order valence-electron chi connectivity index (χ4n) is 4.58. The van der Waals surface area contributed by atoms with Gasteiger partial charge in [-0.25, -0.2) is 9.78 Å². The van der Waals surface area contributed by atoms with E-state index < -0.39 is 17.4 Å². The molecule has 9 heteroatoms. The maximum atomic E-state index is 13.9. The highest BCUT2D eigenvalue weighted by Gasteiger charge is 2.49. The summed E-state index contributed by atoms with van der Waals surface area (Å²) in [6.45, 7) is 5.88. The second kappa shape index (κ2) is 9.25. The number of rotatable bonds is 6. The number of anilines is 1. The molecule has 3 aromatic rings. The quantitative estimate of drug-likeness (QED) is 0.549. The van der Waals surface area contributed by atoms with Crippen molar-refractivity contribution in [1.82, 2.24) is 14.9 Å². The van der Waals surface area contributed by atoms with Gasteiger partial charge in [0.25, 0.3) is 5.91 Å². The number of esters is 1. The van der Waals surface area contributed by atoms with Crippen molar-refractivity contribution in [3.05, 3.63) is 76.9 Å². The minimum atomic E-state index is -1.31. The predicted octanol–water partition coefficient (Wildman–Crippen LogP) is 3.03. The lowest BCUT2D eigenvalue weighted by Crippen LogP contribution is -2.64. The molecular weight excluding hydrogens is 448 g/mol. The number of aromatic nitrogens is 2. The molecule has 4 rings (SSSR count). The van der Waals surface area contributed by atoms with E-state index in [1.165, 1.54) is 22.9 Å².